The van der Waals surface area contributed by atoms with E-state index >= 15 is 0 Å². The molecule has 26 heavy (non-hydrogen) atoms. The van der Waals surface area contributed by atoms with Gasteiger partial charge in [-0.15, -0.1) is 5.10 Å². The molecule has 0 saturated carbocycles. The van der Waals surface area contributed by atoms with Crippen molar-refractivity contribution in [2.24, 2.45) is 0 Å². The maximum atomic E-state index is 13.8. The molecule has 0 saturated heterocycles. The van der Waals surface area contributed by atoms with Gasteiger partial charge in [-0.25, -0.2) is 9.37 Å². The Hall–Kier alpha value is -2.68. The van der Waals surface area contributed by atoms with Gasteiger partial charge >= 0.3 is 0 Å². The SMILES string of the molecule is CC(C)(C)c1cc(NC(=O)CSc2n[nH]c(-c3ccccc3F)n2)on1. The second-order valence-electron chi connectivity index (χ2n) is 6.61. The van der Waals surface area contributed by atoms with Crippen LogP contribution in [0.5, 0.6) is 0 Å². The number of halogens is 1. The summed E-state index contributed by atoms with van der Waals surface area (Å²) in [5, 5.41) is 13.6. The Labute approximate surface area is 153 Å². The summed E-state index contributed by atoms with van der Waals surface area (Å²) < 4.78 is 18.9. The van der Waals surface area contributed by atoms with Crippen LogP contribution in [-0.4, -0.2) is 32.0 Å². The highest BCUT2D eigenvalue weighted by molar-refractivity contribution is 7.99. The van der Waals surface area contributed by atoms with Gasteiger partial charge in [0.1, 0.15) is 5.82 Å². The smallest absolute Gasteiger partial charge is 0.237 e. The number of aromatic nitrogens is 4. The number of rotatable bonds is 5. The van der Waals surface area contributed by atoms with Crippen LogP contribution in [0.4, 0.5) is 10.3 Å². The second-order valence-corrected chi connectivity index (χ2v) is 7.55. The first kappa shape index (κ1) is 18.1. The van der Waals surface area contributed by atoms with E-state index in [2.05, 4.69) is 25.7 Å². The Morgan fingerprint density at radius 3 is 2.81 bits per heavy atom. The fraction of sp³-hybridized carbons (Fsp3) is 0.294. The van der Waals surface area contributed by atoms with Gasteiger partial charge in [0.25, 0.3) is 0 Å². The maximum Gasteiger partial charge on any atom is 0.237 e. The molecule has 0 radical (unpaired) electrons. The summed E-state index contributed by atoms with van der Waals surface area (Å²) in [4.78, 5) is 16.2. The highest BCUT2D eigenvalue weighted by Crippen LogP contribution is 2.24. The third-order valence-corrected chi connectivity index (χ3v) is 4.31. The number of anilines is 1. The summed E-state index contributed by atoms with van der Waals surface area (Å²) in [5.74, 6) is 0.0282. The number of nitrogens with one attached hydrogen (secondary N) is 2. The molecule has 0 aliphatic carbocycles. The zero-order valence-electron chi connectivity index (χ0n) is 14.5. The molecule has 3 aromatic rings. The molecule has 0 bridgehead atoms. The predicted octanol–water partition coefficient (Wildman–Crippen LogP) is 3.63. The Balaban J connectivity index is 1.57. The lowest BCUT2D eigenvalue weighted by Gasteiger charge is -2.12. The van der Waals surface area contributed by atoms with Crippen LogP contribution in [0.2, 0.25) is 0 Å². The van der Waals surface area contributed by atoms with E-state index in [0.29, 0.717) is 22.4 Å². The average molecular weight is 375 g/mol. The van der Waals surface area contributed by atoms with Gasteiger partial charge in [0.2, 0.25) is 16.9 Å². The molecule has 0 aliphatic heterocycles. The van der Waals surface area contributed by atoms with Crippen LogP contribution in [0.1, 0.15) is 26.5 Å². The van der Waals surface area contributed by atoms with Gasteiger partial charge in [-0.05, 0) is 12.1 Å². The van der Waals surface area contributed by atoms with Crippen LogP contribution < -0.4 is 5.32 Å². The summed E-state index contributed by atoms with van der Waals surface area (Å²) in [6.07, 6.45) is 0. The molecule has 0 aliphatic rings. The van der Waals surface area contributed by atoms with Crippen molar-refractivity contribution in [2.45, 2.75) is 31.3 Å². The molecule has 3 rings (SSSR count). The maximum absolute atomic E-state index is 13.8. The van der Waals surface area contributed by atoms with Crippen molar-refractivity contribution >= 4 is 23.6 Å². The molecule has 0 unspecified atom stereocenters. The molecule has 1 aromatic carbocycles. The number of nitrogens with zero attached hydrogens (tertiary/aromatic N) is 3. The van der Waals surface area contributed by atoms with Crippen LogP contribution in [0.15, 0.2) is 40.0 Å². The standard InChI is InChI=1S/C17H18FN5O2S/c1-17(2,3)12-8-14(25-23-12)19-13(24)9-26-16-20-15(21-22-16)10-6-4-5-7-11(10)18/h4-8H,9H2,1-3H3,(H,19,24)(H,20,21,22). The molecule has 0 atom stereocenters. The number of thioether (sulfide) groups is 1. The van der Waals surface area contributed by atoms with E-state index in [9.17, 15) is 9.18 Å². The number of benzene rings is 1. The Bertz CT molecular complexity index is 916. The van der Waals surface area contributed by atoms with Crippen molar-refractivity contribution in [3.63, 3.8) is 0 Å². The first-order valence-corrected chi connectivity index (χ1v) is 8.88. The summed E-state index contributed by atoms with van der Waals surface area (Å²) in [6.45, 7) is 6.01. The molecular weight excluding hydrogens is 357 g/mol. The Morgan fingerprint density at radius 1 is 1.35 bits per heavy atom. The minimum absolute atomic E-state index is 0.0834. The number of carbonyl (C=O) groups excluding carboxylic acids is 1. The lowest BCUT2D eigenvalue weighted by Crippen LogP contribution is -2.14. The van der Waals surface area contributed by atoms with E-state index in [0.717, 1.165) is 17.5 Å². The summed E-state index contributed by atoms with van der Waals surface area (Å²) in [7, 11) is 0. The third-order valence-electron chi connectivity index (χ3n) is 3.47. The lowest BCUT2D eigenvalue weighted by atomic mass is 9.92. The van der Waals surface area contributed by atoms with Gasteiger partial charge in [0.15, 0.2) is 5.82 Å². The molecule has 136 valence electrons. The van der Waals surface area contributed by atoms with Crippen molar-refractivity contribution in [1.82, 2.24) is 20.3 Å². The van der Waals surface area contributed by atoms with Crippen LogP contribution in [-0.2, 0) is 10.2 Å². The monoisotopic (exact) mass is 375 g/mol. The van der Waals surface area contributed by atoms with Gasteiger partial charge < -0.3 is 4.52 Å². The van der Waals surface area contributed by atoms with Gasteiger partial charge in [0.05, 0.1) is 17.0 Å². The molecule has 9 heteroatoms. The van der Waals surface area contributed by atoms with Crippen LogP contribution in [0, 0.1) is 5.82 Å². The van der Waals surface area contributed by atoms with Crippen molar-refractivity contribution in [2.75, 3.05) is 11.1 Å². The van der Waals surface area contributed by atoms with E-state index in [4.69, 9.17) is 4.52 Å². The minimum atomic E-state index is -0.391. The van der Waals surface area contributed by atoms with E-state index in [1.165, 1.54) is 6.07 Å². The summed E-state index contributed by atoms with van der Waals surface area (Å²) in [6, 6.07) is 7.97. The fourth-order valence-electron chi connectivity index (χ4n) is 2.08. The van der Waals surface area contributed by atoms with Crippen LogP contribution >= 0.6 is 11.8 Å². The number of carbonyl (C=O) groups is 1. The molecule has 1 amide bonds. The summed E-state index contributed by atoms with van der Waals surface area (Å²) in [5.41, 5.74) is 0.917. The van der Waals surface area contributed by atoms with Gasteiger partial charge in [-0.1, -0.05) is 49.8 Å². The molecule has 0 fully saturated rings. The van der Waals surface area contributed by atoms with Crippen LogP contribution in [0.25, 0.3) is 11.4 Å². The summed E-state index contributed by atoms with van der Waals surface area (Å²) >= 11 is 1.13. The molecule has 2 heterocycles. The number of hydrogen-bond acceptors (Lipinski definition) is 6. The normalized spacial score (nSPS) is 11.5. The predicted molar refractivity (Wildman–Crippen MR) is 96.3 cm³/mol. The zero-order valence-corrected chi connectivity index (χ0v) is 15.4. The molecule has 2 N–H and O–H groups in total. The molecular formula is C17H18FN5O2S. The topological polar surface area (TPSA) is 96.7 Å². The highest BCUT2D eigenvalue weighted by atomic mass is 32.2. The number of hydrogen-bond donors (Lipinski definition) is 2. The first-order chi connectivity index (χ1) is 12.3. The van der Waals surface area contributed by atoms with E-state index in [1.807, 2.05) is 20.8 Å². The molecule has 0 spiro atoms. The number of aromatic amines is 1. The van der Waals surface area contributed by atoms with Gasteiger partial charge in [0, 0.05) is 11.5 Å². The lowest BCUT2D eigenvalue weighted by molar-refractivity contribution is -0.113. The first-order valence-electron chi connectivity index (χ1n) is 7.90. The van der Waals surface area contributed by atoms with E-state index < -0.39 is 5.82 Å². The van der Waals surface area contributed by atoms with Gasteiger partial charge in [-0.2, -0.15) is 0 Å². The second kappa shape index (κ2) is 7.28. The van der Waals surface area contributed by atoms with Gasteiger partial charge in [-0.3, -0.25) is 15.2 Å². The number of H-pyrrole nitrogens is 1. The van der Waals surface area contributed by atoms with Crippen LogP contribution in [0.3, 0.4) is 0 Å². The Kier molecular flexibility index (Phi) is 5.08. The quantitative estimate of drug-likeness (QED) is 0.661. The molecule has 2 aromatic heterocycles. The largest absolute Gasteiger partial charge is 0.338 e. The Morgan fingerprint density at radius 2 is 2.12 bits per heavy atom. The molecule has 7 nitrogen and oxygen atoms in total. The fourth-order valence-corrected chi connectivity index (χ4v) is 2.67. The third kappa shape index (κ3) is 4.29. The van der Waals surface area contributed by atoms with E-state index in [1.54, 1.807) is 24.3 Å². The van der Waals surface area contributed by atoms with Crippen molar-refractivity contribution in [3.05, 3.63) is 41.8 Å². The van der Waals surface area contributed by atoms with Crippen molar-refractivity contribution < 1.29 is 13.7 Å². The highest BCUT2D eigenvalue weighted by Gasteiger charge is 2.20. The minimum Gasteiger partial charge on any atom is -0.338 e. The van der Waals surface area contributed by atoms with E-state index in [-0.39, 0.29) is 17.1 Å². The average Bonchev–Trinajstić information content (AvgIpc) is 3.22. The van der Waals surface area contributed by atoms with Crippen molar-refractivity contribution in [3.8, 4) is 11.4 Å². The number of amides is 1. The van der Waals surface area contributed by atoms with Crippen molar-refractivity contribution in [1.29, 1.82) is 0 Å². The zero-order chi connectivity index (χ0) is 18.7.